The molecule has 1 atom stereocenters. The van der Waals surface area contributed by atoms with Gasteiger partial charge in [-0.25, -0.2) is 9.67 Å². The summed E-state index contributed by atoms with van der Waals surface area (Å²) in [7, 11) is 0. The van der Waals surface area contributed by atoms with E-state index in [4.69, 9.17) is 4.98 Å². The highest BCUT2D eigenvalue weighted by Gasteiger charge is 2.31. The lowest BCUT2D eigenvalue weighted by atomic mass is 10.0. The Morgan fingerprint density at radius 2 is 2.04 bits per heavy atom. The normalized spacial score (nSPS) is 22.2. The molecule has 5 rings (SSSR count). The zero-order valence-corrected chi connectivity index (χ0v) is 14.3. The van der Waals surface area contributed by atoms with E-state index in [-0.39, 0.29) is 0 Å². The highest BCUT2D eigenvalue weighted by molar-refractivity contribution is 7.18. The van der Waals surface area contributed by atoms with Gasteiger partial charge < -0.3 is 0 Å². The molecule has 6 nitrogen and oxygen atoms in total. The predicted octanol–water partition coefficient (Wildman–Crippen LogP) is 3.34. The average molecular weight is 340 g/mol. The molecule has 24 heavy (non-hydrogen) atoms. The van der Waals surface area contributed by atoms with Gasteiger partial charge in [-0.2, -0.15) is 0 Å². The van der Waals surface area contributed by atoms with Gasteiger partial charge >= 0.3 is 0 Å². The number of benzene rings is 1. The number of hydrogen-bond donors (Lipinski definition) is 0. The van der Waals surface area contributed by atoms with E-state index in [1.807, 2.05) is 16.0 Å². The molecule has 0 amide bonds. The molecule has 0 N–H and O–H groups in total. The third-order valence-corrected chi connectivity index (χ3v) is 6.15. The minimum atomic E-state index is 0.389. The fourth-order valence-electron chi connectivity index (χ4n) is 3.59. The molecule has 2 aliphatic rings. The Kier molecular flexibility index (Phi) is 3.56. The second-order valence-electron chi connectivity index (χ2n) is 6.77. The lowest BCUT2D eigenvalue weighted by Crippen LogP contribution is -2.33. The van der Waals surface area contributed by atoms with E-state index in [1.165, 1.54) is 41.8 Å². The Labute approximate surface area is 144 Å². The highest BCUT2D eigenvalue weighted by Crippen LogP contribution is 2.38. The molecule has 7 heteroatoms. The number of tetrazole rings is 1. The fourth-order valence-corrected chi connectivity index (χ4v) is 4.73. The number of hydrogen-bond acceptors (Lipinski definition) is 6. The molecule has 0 radical (unpaired) electrons. The van der Waals surface area contributed by atoms with E-state index in [9.17, 15) is 0 Å². The van der Waals surface area contributed by atoms with Gasteiger partial charge in [-0.05, 0) is 54.8 Å². The maximum atomic E-state index is 4.90. The predicted molar refractivity (Wildman–Crippen MR) is 92.7 cm³/mol. The number of aromatic nitrogens is 5. The van der Waals surface area contributed by atoms with E-state index >= 15 is 0 Å². The molecule has 3 aromatic rings. The summed E-state index contributed by atoms with van der Waals surface area (Å²) in [6.07, 6.45) is 6.10. The monoisotopic (exact) mass is 340 g/mol. The summed E-state index contributed by atoms with van der Waals surface area (Å²) in [5.41, 5.74) is 1.12. The highest BCUT2D eigenvalue weighted by atomic mass is 32.1. The average Bonchev–Trinajstić information content (AvgIpc) is 3.19. The number of thiazole rings is 1. The molecule has 0 spiro atoms. The fraction of sp³-hybridized carbons (Fsp3) is 0.529. The Bertz CT molecular complexity index is 819. The number of para-hydroxylation sites is 1. The summed E-state index contributed by atoms with van der Waals surface area (Å²) in [4.78, 5) is 7.42. The van der Waals surface area contributed by atoms with Crippen molar-refractivity contribution in [3.05, 3.63) is 35.1 Å². The van der Waals surface area contributed by atoms with Crippen LogP contribution in [0.15, 0.2) is 24.3 Å². The van der Waals surface area contributed by atoms with Crippen LogP contribution in [0.25, 0.3) is 10.2 Å². The van der Waals surface area contributed by atoms with Gasteiger partial charge in [-0.15, -0.1) is 16.4 Å². The van der Waals surface area contributed by atoms with Crippen LogP contribution in [0.2, 0.25) is 0 Å². The van der Waals surface area contributed by atoms with E-state index in [0.29, 0.717) is 12.1 Å². The number of likely N-dealkylation sites (tertiary alicyclic amines) is 1. The quantitative estimate of drug-likeness (QED) is 0.729. The molecule has 1 saturated heterocycles. The zero-order chi connectivity index (χ0) is 15.9. The van der Waals surface area contributed by atoms with Crippen molar-refractivity contribution in [1.29, 1.82) is 0 Å². The Morgan fingerprint density at radius 1 is 1.12 bits per heavy atom. The second-order valence-corrected chi connectivity index (χ2v) is 7.83. The molecule has 1 saturated carbocycles. The smallest absolute Gasteiger partial charge is 0.165 e. The first-order chi connectivity index (χ1) is 11.9. The van der Waals surface area contributed by atoms with Gasteiger partial charge in [0.15, 0.2) is 5.82 Å². The summed E-state index contributed by atoms with van der Waals surface area (Å²) in [5.74, 6) is 1.01. The van der Waals surface area contributed by atoms with Crippen LogP contribution in [0.5, 0.6) is 0 Å². The third kappa shape index (κ3) is 2.61. The first-order valence-electron chi connectivity index (χ1n) is 8.75. The van der Waals surface area contributed by atoms with Gasteiger partial charge in [0.05, 0.1) is 28.8 Å². The topological polar surface area (TPSA) is 59.7 Å². The maximum absolute atomic E-state index is 4.90. The third-order valence-electron chi connectivity index (χ3n) is 5.01. The minimum absolute atomic E-state index is 0.389. The van der Waals surface area contributed by atoms with Gasteiger partial charge in [0, 0.05) is 0 Å². The largest absolute Gasteiger partial charge is 0.286 e. The van der Waals surface area contributed by atoms with Crippen molar-refractivity contribution in [2.24, 2.45) is 0 Å². The van der Waals surface area contributed by atoms with Crippen molar-refractivity contribution in [2.75, 3.05) is 6.54 Å². The van der Waals surface area contributed by atoms with Gasteiger partial charge in [-0.3, -0.25) is 4.90 Å². The van der Waals surface area contributed by atoms with E-state index in [0.717, 1.165) is 24.4 Å². The van der Waals surface area contributed by atoms with Crippen molar-refractivity contribution < 1.29 is 0 Å². The standard InChI is InChI=1S/C17H20N6S/c1-2-7-15-13(5-1)18-17(24-15)14-6-3-4-10-22(14)11-16-19-20-21-23(16)12-8-9-12/h1-2,5,7,12,14H,3-4,6,8-11H2/t14-/m1/s1. The van der Waals surface area contributed by atoms with Crippen LogP contribution in [0, 0.1) is 0 Å². The summed E-state index contributed by atoms with van der Waals surface area (Å²) in [6.45, 7) is 1.92. The molecule has 3 heterocycles. The molecule has 0 bridgehead atoms. The van der Waals surface area contributed by atoms with Gasteiger partial charge in [-0.1, -0.05) is 18.6 Å². The second kappa shape index (κ2) is 5.89. The Hall–Kier alpha value is -1.86. The first-order valence-corrected chi connectivity index (χ1v) is 9.56. The molecule has 1 aliphatic carbocycles. The lowest BCUT2D eigenvalue weighted by molar-refractivity contribution is 0.134. The Balaban J connectivity index is 1.43. The Morgan fingerprint density at radius 3 is 2.92 bits per heavy atom. The van der Waals surface area contributed by atoms with Crippen LogP contribution in [-0.2, 0) is 6.54 Å². The molecule has 2 aromatic heterocycles. The van der Waals surface area contributed by atoms with Crippen LogP contribution in [0.3, 0.4) is 0 Å². The zero-order valence-electron chi connectivity index (χ0n) is 13.5. The summed E-state index contributed by atoms with van der Waals surface area (Å²) >= 11 is 1.83. The summed E-state index contributed by atoms with van der Waals surface area (Å²) in [6, 6.07) is 9.34. The first kappa shape index (κ1) is 14.5. The van der Waals surface area contributed by atoms with E-state index in [2.05, 4.69) is 44.7 Å². The number of fused-ring (bicyclic) bond motifs is 1. The van der Waals surface area contributed by atoms with Gasteiger partial charge in [0.1, 0.15) is 5.01 Å². The molecule has 1 aliphatic heterocycles. The van der Waals surface area contributed by atoms with Crippen LogP contribution >= 0.6 is 11.3 Å². The van der Waals surface area contributed by atoms with E-state index < -0.39 is 0 Å². The molecule has 1 aromatic carbocycles. The minimum Gasteiger partial charge on any atom is -0.286 e. The maximum Gasteiger partial charge on any atom is 0.165 e. The lowest BCUT2D eigenvalue weighted by Gasteiger charge is -2.33. The number of piperidine rings is 1. The van der Waals surface area contributed by atoms with Crippen molar-refractivity contribution >= 4 is 21.6 Å². The number of nitrogens with zero attached hydrogens (tertiary/aromatic N) is 6. The molecular formula is C17H20N6S. The molecule has 124 valence electrons. The summed E-state index contributed by atoms with van der Waals surface area (Å²) < 4.78 is 3.31. The SMILES string of the molecule is c1ccc2sc([C@H]3CCCCN3Cc3nnnn3C3CC3)nc2c1. The van der Waals surface area contributed by atoms with Crippen LogP contribution < -0.4 is 0 Å². The summed E-state index contributed by atoms with van der Waals surface area (Å²) in [5, 5.41) is 13.6. The van der Waals surface area contributed by atoms with Gasteiger partial charge in [0.25, 0.3) is 0 Å². The van der Waals surface area contributed by atoms with Crippen molar-refractivity contribution in [3.63, 3.8) is 0 Å². The molecule has 2 fully saturated rings. The molecule has 0 unspecified atom stereocenters. The van der Waals surface area contributed by atoms with E-state index in [1.54, 1.807) is 0 Å². The van der Waals surface area contributed by atoms with Gasteiger partial charge in [0.2, 0.25) is 0 Å². The van der Waals surface area contributed by atoms with Crippen molar-refractivity contribution in [1.82, 2.24) is 30.1 Å². The van der Waals surface area contributed by atoms with Crippen molar-refractivity contribution in [3.8, 4) is 0 Å². The molecular weight excluding hydrogens is 320 g/mol. The van der Waals surface area contributed by atoms with Crippen LogP contribution in [0.1, 0.15) is 55.0 Å². The number of rotatable bonds is 4. The van der Waals surface area contributed by atoms with Crippen LogP contribution in [0.4, 0.5) is 0 Å². The van der Waals surface area contributed by atoms with Crippen LogP contribution in [-0.4, -0.2) is 36.6 Å². The van der Waals surface area contributed by atoms with Crippen molar-refractivity contribution in [2.45, 2.75) is 50.7 Å².